The number of hydrogen-bond acceptors (Lipinski definition) is 3. The number of rotatable bonds is 1. The molecule has 78 valence electrons. The molecule has 2 unspecified atom stereocenters. The molecule has 0 aromatic heterocycles. The quantitative estimate of drug-likeness (QED) is 0.615. The van der Waals surface area contributed by atoms with E-state index in [0.717, 1.165) is 0 Å². The van der Waals surface area contributed by atoms with Crippen LogP contribution in [0.1, 0.15) is 6.92 Å². The second-order valence-electron chi connectivity index (χ2n) is 3.32. The summed E-state index contributed by atoms with van der Waals surface area (Å²) in [5, 5.41) is 4.99. The summed E-state index contributed by atoms with van der Waals surface area (Å²) in [5.41, 5.74) is 0. The lowest BCUT2D eigenvalue weighted by molar-refractivity contribution is 0.392. The Morgan fingerprint density at radius 1 is 1.54 bits per heavy atom. The Labute approximate surface area is 80.9 Å². The van der Waals surface area contributed by atoms with E-state index in [4.69, 9.17) is 5.14 Å². The molecular formula is C6H14N2O3S2. The van der Waals surface area contributed by atoms with Crippen molar-refractivity contribution in [3.05, 3.63) is 0 Å². The zero-order valence-corrected chi connectivity index (χ0v) is 9.10. The van der Waals surface area contributed by atoms with Crippen LogP contribution >= 0.6 is 0 Å². The van der Waals surface area contributed by atoms with E-state index in [9.17, 15) is 12.6 Å². The van der Waals surface area contributed by atoms with Gasteiger partial charge in [0, 0.05) is 35.4 Å². The van der Waals surface area contributed by atoms with Gasteiger partial charge in [0.05, 0.1) is 0 Å². The van der Waals surface area contributed by atoms with Crippen LogP contribution in [0.4, 0.5) is 0 Å². The summed E-state index contributed by atoms with van der Waals surface area (Å²) in [4.78, 5) is 0. The maximum atomic E-state index is 11.2. The van der Waals surface area contributed by atoms with E-state index in [0.29, 0.717) is 18.1 Å². The molecular weight excluding hydrogens is 212 g/mol. The summed E-state index contributed by atoms with van der Waals surface area (Å²) < 4.78 is 34.4. The Morgan fingerprint density at radius 2 is 2.15 bits per heavy atom. The minimum Gasteiger partial charge on any atom is -0.260 e. The summed E-state index contributed by atoms with van der Waals surface area (Å²) >= 11 is 0. The second-order valence-corrected chi connectivity index (χ2v) is 6.49. The van der Waals surface area contributed by atoms with Gasteiger partial charge in [-0.3, -0.25) is 4.21 Å². The van der Waals surface area contributed by atoms with Crippen molar-refractivity contribution in [1.29, 1.82) is 0 Å². The summed E-state index contributed by atoms with van der Waals surface area (Å²) in [6, 6.07) is 0. The Morgan fingerprint density at radius 3 is 2.69 bits per heavy atom. The van der Waals surface area contributed by atoms with Crippen LogP contribution in [-0.4, -0.2) is 41.5 Å². The highest BCUT2D eigenvalue weighted by atomic mass is 32.2. The van der Waals surface area contributed by atoms with Crippen LogP contribution in [0, 0.1) is 5.92 Å². The molecule has 1 aliphatic rings. The first kappa shape index (κ1) is 11.1. The molecule has 13 heavy (non-hydrogen) atoms. The van der Waals surface area contributed by atoms with Crippen molar-refractivity contribution in [2.45, 2.75) is 6.92 Å². The van der Waals surface area contributed by atoms with E-state index in [-0.39, 0.29) is 12.5 Å². The van der Waals surface area contributed by atoms with Gasteiger partial charge in [0.1, 0.15) is 0 Å². The summed E-state index contributed by atoms with van der Waals surface area (Å²) in [5.74, 6) is 1.06. The Bertz CT molecular complexity index is 301. The molecule has 5 nitrogen and oxygen atoms in total. The fourth-order valence-corrected chi connectivity index (χ4v) is 3.58. The fraction of sp³-hybridized carbons (Fsp3) is 1.00. The van der Waals surface area contributed by atoms with E-state index in [2.05, 4.69) is 0 Å². The first-order valence-corrected chi connectivity index (χ1v) is 7.01. The van der Waals surface area contributed by atoms with Gasteiger partial charge in [0.2, 0.25) is 0 Å². The molecule has 0 saturated carbocycles. The molecule has 1 rings (SSSR count). The molecule has 1 aliphatic heterocycles. The van der Waals surface area contributed by atoms with E-state index < -0.39 is 21.0 Å². The first-order valence-electron chi connectivity index (χ1n) is 4.02. The number of hydrogen-bond donors (Lipinski definition) is 1. The van der Waals surface area contributed by atoms with Crippen LogP contribution in [0.15, 0.2) is 0 Å². The van der Waals surface area contributed by atoms with Crippen molar-refractivity contribution in [2.24, 2.45) is 11.1 Å². The zero-order chi connectivity index (χ0) is 10.1. The normalized spacial score (nSPS) is 32.8. The lowest BCUT2D eigenvalue weighted by Gasteiger charge is -2.18. The van der Waals surface area contributed by atoms with Crippen molar-refractivity contribution in [3.8, 4) is 0 Å². The Balaban J connectivity index is 2.74. The van der Waals surface area contributed by atoms with Gasteiger partial charge in [-0.15, -0.1) is 0 Å². The Kier molecular flexibility index (Phi) is 3.44. The van der Waals surface area contributed by atoms with E-state index >= 15 is 0 Å². The van der Waals surface area contributed by atoms with Gasteiger partial charge < -0.3 is 0 Å². The molecule has 0 spiro atoms. The third kappa shape index (κ3) is 3.34. The molecule has 1 heterocycles. The fourth-order valence-electron chi connectivity index (χ4n) is 1.33. The highest BCUT2D eigenvalue weighted by Crippen LogP contribution is 2.09. The topological polar surface area (TPSA) is 80.5 Å². The van der Waals surface area contributed by atoms with Crippen molar-refractivity contribution < 1.29 is 12.6 Å². The lowest BCUT2D eigenvalue weighted by Crippen LogP contribution is -2.39. The van der Waals surface area contributed by atoms with Gasteiger partial charge in [0.15, 0.2) is 0 Å². The molecule has 1 saturated heterocycles. The van der Waals surface area contributed by atoms with Gasteiger partial charge in [-0.05, 0) is 5.92 Å². The predicted octanol–water partition coefficient (Wildman–Crippen LogP) is -1.11. The average Bonchev–Trinajstić information content (AvgIpc) is 2.09. The standard InChI is InChI=1S/C6H14N2O3S2/c1-6-4-8(13(7,10)11)2-3-12(9)5-6/h6H,2-5H2,1H3,(H2,7,10,11). The predicted molar refractivity (Wildman–Crippen MR) is 51.7 cm³/mol. The third-order valence-corrected chi connectivity index (χ3v) is 4.54. The molecule has 2 N–H and O–H groups in total. The van der Waals surface area contributed by atoms with Gasteiger partial charge in [-0.2, -0.15) is 12.7 Å². The Hall–Kier alpha value is 0.0200. The van der Waals surface area contributed by atoms with Crippen molar-refractivity contribution in [3.63, 3.8) is 0 Å². The monoisotopic (exact) mass is 226 g/mol. The smallest absolute Gasteiger partial charge is 0.260 e. The molecule has 0 aromatic carbocycles. The zero-order valence-electron chi connectivity index (χ0n) is 7.47. The first-order chi connectivity index (χ1) is 5.89. The van der Waals surface area contributed by atoms with E-state index in [1.807, 2.05) is 6.92 Å². The van der Waals surface area contributed by atoms with Crippen molar-refractivity contribution in [2.75, 3.05) is 24.6 Å². The van der Waals surface area contributed by atoms with Crippen molar-refractivity contribution >= 4 is 21.0 Å². The lowest BCUT2D eigenvalue weighted by atomic mass is 10.2. The van der Waals surface area contributed by atoms with Gasteiger partial charge in [0.25, 0.3) is 10.2 Å². The molecule has 0 amide bonds. The van der Waals surface area contributed by atoms with Crippen LogP contribution in [-0.2, 0) is 21.0 Å². The van der Waals surface area contributed by atoms with Crippen LogP contribution in [0.2, 0.25) is 0 Å². The highest BCUT2D eigenvalue weighted by Gasteiger charge is 2.24. The molecule has 2 atom stereocenters. The minimum absolute atomic E-state index is 0.113. The van der Waals surface area contributed by atoms with Crippen LogP contribution < -0.4 is 5.14 Å². The van der Waals surface area contributed by atoms with Crippen LogP contribution in [0.3, 0.4) is 0 Å². The maximum Gasteiger partial charge on any atom is 0.276 e. The van der Waals surface area contributed by atoms with Crippen LogP contribution in [0.5, 0.6) is 0 Å². The molecule has 0 bridgehead atoms. The average molecular weight is 226 g/mol. The van der Waals surface area contributed by atoms with Crippen LogP contribution in [0.25, 0.3) is 0 Å². The molecule has 0 aromatic rings. The van der Waals surface area contributed by atoms with E-state index in [1.54, 1.807) is 0 Å². The minimum atomic E-state index is -3.61. The van der Waals surface area contributed by atoms with E-state index in [1.165, 1.54) is 4.31 Å². The summed E-state index contributed by atoms with van der Waals surface area (Å²) in [7, 11) is -4.51. The van der Waals surface area contributed by atoms with Gasteiger partial charge in [-0.25, -0.2) is 5.14 Å². The number of nitrogens with zero attached hydrogens (tertiary/aromatic N) is 1. The second kappa shape index (κ2) is 4.04. The third-order valence-electron chi connectivity index (χ3n) is 1.91. The number of nitrogens with two attached hydrogens (primary N) is 1. The van der Waals surface area contributed by atoms with Gasteiger partial charge in [-0.1, -0.05) is 6.92 Å². The SMILES string of the molecule is CC1CN(S(N)(=O)=O)CCS(=O)C1. The van der Waals surface area contributed by atoms with Crippen molar-refractivity contribution in [1.82, 2.24) is 4.31 Å². The molecule has 0 aliphatic carbocycles. The molecule has 1 fully saturated rings. The largest absolute Gasteiger partial charge is 0.276 e. The molecule has 7 heteroatoms. The highest BCUT2D eigenvalue weighted by molar-refractivity contribution is 7.87. The van der Waals surface area contributed by atoms with Gasteiger partial charge >= 0.3 is 0 Å². The maximum absolute atomic E-state index is 11.2. The summed E-state index contributed by atoms with van der Waals surface area (Å²) in [6.07, 6.45) is 0. The molecule has 0 radical (unpaired) electrons. The summed E-state index contributed by atoms with van der Waals surface area (Å²) in [6.45, 7) is 2.53.